The molecule has 1 amide bonds. The van der Waals surface area contributed by atoms with E-state index in [0.717, 1.165) is 24.9 Å². The lowest BCUT2D eigenvalue weighted by Gasteiger charge is -2.10. The van der Waals surface area contributed by atoms with Gasteiger partial charge in [0.15, 0.2) is 9.84 Å². The van der Waals surface area contributed by atoms with Crippen LogP contribution in [-0.4, -0.2) is 35.3 Å². The second-order valence-electron chi connectivity index (χ2n) is 5.88. The normalized spacial score (nSPS) is 14.7. The Hall–Kier alpha value is -2.22. The molecule has 1 aliphatic rings. The highest BCUT2D eigenvalue weighted by molar-refractivity contribution is 7.90. The van der Waals surface area contributed by atoms with Crippen molar-refractivity contribution in [3.63, 3.8) is 0 Å². The van der Waals surface area contributed by atoms with Gasteiger partial charge in [-0.2, -0.15) is 0 Å². The van der Waals surface area contributed by atoms with Gasteiger partial charge in [0, 0.05) is 17.9 Å². The summed E-state index contributed by atoms with van der Waals surface area (Å²) < 4.78 is 25.5. The van der Waals surface area contributed by atoms with Gasteiger partial charge in [-0.1, -0.05) is 6.07 Å². The maximum atomic E-state index is 12.4. The lowest BCUT2D eigenvalue weighted by atomic mass is 10.1. The molecule has 1 heterocycles. The number of nitrogens with zero attached hydrogens (tertiary/aromatic N) is 3. The van der Waals surface area contributed by atoms with Crippen LogP contribution in [0.2, 0.25) is 0 Å². The maximum absolute atomic E-state index is 12.4. The lowest BCUT2D eigenvalue weighted by Crippen LogP contribution is -2.17. The van der Waals surface area contributed by atoms with Crippen LogP contribution in [0.5, 0.6) is 0 Å². The minimum atomic E-state index is -3.38. The van der Waals surface area contributed by atoms with Gasteiger partial charge in [0.05, 0.1) is 4.90 Å². The fourth-order valence-electron chi connectivity index (χ4n) is 2.54. The Morgan fingerprint density at radius 1 is 1.26 bits per heavy atom. The van der Waals surface area contributed by atoms with E-state index in [1.807, 2.05) is 11.5 Å². The topological polar surface area (TPSA) is 93.9 Å². The van der Waals surface area contributed by atoms with Crippen LogP contribution in [-0.2, 0) is 9.84 Å². The van der Waals surface area contributed by atoms with Crippen molar-refractivity contribution in [1.29, 1.82) is 0 Å². The minimum Gasteiger partial charge on any atom is -0.294 e. The zero-order chi connectivity index (χ0) is 16.8. The molecule has 1 saturated carbocycles. The van der Waals surface area contributed by atoms with E-state index in [4.69, 9.17) is 0 Å². The highest BCUT2D eigenvalue weighted by atomic mass is 32.2. The monoisotopic (exact) mass is 334 g/mol. The maximum Gasteiger partial charge on any atom is 0.258 e. The summed E-state index contributed by atoms with van der Waals surface area (Å²) in [4.78, 5) is 12.6. The SMILES string of the molecule is Cc1ccc(C(=O)Nc2nnc(C)n2C2CC2)cc1S(C)(=O)=O. The molecule has 0 spiro atoms. The fourth-order valence-corrected chi connectivity index (χ4v) is 3.53. The third-order valence-corrected chi connectivity index (χ3v) is 5.09. The van der Waals surface area contributed by atoms with Gasteiger partial charge in [-0.3, -0.25) is 14.7 Å². The van der Waals surface area contributed by atoms with Gasteiger partial charge in [-0.15, -0.1) is 10.2 Å². The summed E-state index contributed by atoms with van der Waals surface area (Å²) in [6.07, 6.45) is 3.22. The van der Waals surface area contributed by atoms with Gasteiger partial charge in [0.2, 0.25) is 5.95 Å². The van der Waals surface area contributed by atoms with Crippen LogP contribution in [0.4, 0.5) is 5.95 Å². The lowest BCUT2D eigenvalue weighted by molar-refractivity contribution is 0.102. The molecule has 1 N–H and O–H groups in total. The van der Waals surface area contributed by atoms with Gasteiger partial charge in [0.1, 0.15) is 5.82 Å². The molecule has 8 heteroatoms. The Bertz CT molecular complexity index is 882. The second kappa shape index (κ2) is 5.45. The van der Waals surface area contributed by atoms with E-state index in [0.29, 0.717) is 17.6 Å². The van der Waals surface area contributed by atoms with E-state index < -0.39 is 15.7 Å². The van der Waals surface area contributed by atoms with Crippen molar-refractivity contribution >= 4 is 21.7 Å². The summed E-state index contributed by atoms with van der Waals surface area (Å²) in [5.74, 6) is 0.754. The Labute approximate surface area is 134 Å². The summed E-state index contributed by atoms with van der Waals surface area (Å²) >= 11 is 0. The molecule has 7 nitrogen and oxygen atoms in total. The van der Waals surface area contributed by atoms with Crippen LogP contribution in [0.15, 0.2) is 23.1 Å². The number of benzene rings is 1. The number of carbonyl (C=O) groups is 1. The highest BCUT2D eigenvalue weighted by Gasteiger charge is 2.29. The molecule has 0 aliphatic heterocycles. The predicted octanol–water partition coefficient (Wildman–Crippen LogP) is 1.89. The molecule has 1 fully saturated rings. The highest BCUT2D eigenvalue weighted by Crippen LogP contribution is 2.37. The molecule has 1 aromatic carbocycles. The first-order valence-electron chi connectivity index (χ1n) is 7.31. The van der Waals surface area contributed by atoms with E-state index in [2.05, 4.69) is 15.5 Å². The van der Waals surface area contributed by atoms with Crippen molar-refractivity contribution in [3.05, 3.63) is 35.2 Å². The van der Waals surface area contributed by atoms with Crippen molar-refractivity contribution in [1.82, 2.24) is 14.8 Å². The van der Waals surface area contributed by atoms with E-state index >= 15 is 0 Å². The van der Waals surface area contributed by atoms with Gasteiger partial charge in [-0.05, 0) is 44.4 Å². The molecular weight excluding hydrogens is 316 g/mol. The molecule has 0 atom stereocenters. The van der Waals surface area contributed by atoms with Crippen LogP contribution in [0.25, 0.3) is 0 Å². The van der Waals surface area contributed by atoms with Crippen LogP contribution < -0.4 is 5.32 Å². The summed E-state index contributed by atoms with van der Waals surface area (Å²) in [6, 6.07) is 4.96. The number of sulfone groups is 1. The van der Waals surface area contributed by atoms with Crippen LogP contribution >= 0.6 is 0 Å². The number of aryl methyl sites for hydroxylation is 2. The van der Waals surface area contributed by atoms with E-state index in [-0.39, 0.29) is 10.5 Å². The average Bonchev–Trinajstić information content (AvgIpc) is 3.23. The molecule has 1 aliphatic carbocycles. The van der Waals surface area contributed by atoms with E-state index in [1.165, 1.54) is 6.07 Å². The molecule has 2 aromatic rings. The van der Waals surface area contributed by atoms with Gasteiger partial charge < -0.3 is 0 Å². The fraction of sp³-hybridized carbons (Fsp3) is 0.400. The van der Waals surface area contributed by atoms with Gasteiger partial charge in [-0.25, -0.2) is 8.42 Å². The quantitative estimate of drug-likeness (QED) is 0.921. The third kappa shape index (κ3) is 3.12. The first-order chi connectivity index (χ1) is 10.8. The summed E-state index contributed by atoms with van der Waals surface area (Å²) in [7, 11) is -3.38. The van der Waals surface area contributed by atoms with Crippen LogP contribution in [0.3, 0.4) is 0 Å². The number of hydrogen-bond acceptors (Lipinski definition) is 5. The molecule has 122 valence electrons. The minimum absolute atomic E-state index is 0.157. The number of rotatable bonds is 4. The number of nitrogens with one attached hydrogen (secondary N) is 1. The number of amides is 1. The largest absolute Gasteiger partial charge is 0.294 e. The number of carbonyl (C=O) groups excluding carboxylic acids is 1. The van der Waals surface area contributed by atoms with E-state index in [1.54, 1.807) is 19.1 Å². The van der Waals surface area contributed by atoms with Gasteiger partial charge in [0.25, 0.3) is 5.91 Å². The Morgan fingerprint density at radius 2 is 1.96 bits per heavy atom. The van der Waals surface area contributed by atoms with Crippen molar-refractivity contribution in [2.45, 2.75) is 37.6 Å². The smallest absolute Gasteiger partial charge is 0.258 e. The Morgan fingerprint density at radius 3 is 2.57 bits per heavy atom. The first kappa shape index (κ1) is 15.7. The third-order valence-electron chi connectivity index (χ3n) is 3.85. The summed E-state index contributed by atoms with van der Waals surface area (Å²) in [5, 5.41) is 10.7. The Kier molecular flexibility index (Phi) is 3.71. The predicted molar refractivity (Wildman–Crippen MR) is 85.3 cm³/mol. The van der Waals surface area contributed by atoms with Crippen LogP contribution in [0, 0.1) is 13.8 Å². The molecule has 0 radical (unpaired) electrons. The van der Waals surface area contributed by atoms with E-state index in [9.17, 15) is 13.2 Å². The zero-order valence-electron chi connectivity index (χ0n) is 13.2. The molecular formula is C15H18N4O3S. The summed E-state index contributed by atoms with van der Waals surface area (Å²) in [5.41, 5.74) is 0.889. The van der Waals surface area contributed by atoms with Crippen molar-refractivity contribution in [2.24, 2.45) is 0 Å². The first-order valence-corrected chi connectivity index (χ1v) is 9.20. The number of anilines is 1. The van der Waals surface area contributed by atoms with Crippen molar-refractivity contribution in [2.75, 3.05) is 11.6 Å². The zero-order valence-corrected chi connectivity index (χ0v) is 14.0. The molecule has 0 saturated heterocycles. The van der Waals surface area contributed by atoms with Crippen molar-refractivity contribution < 1.29 is 13.2 Å². The molecule has 23 heavy (non-hydrogen) atoms. The second-order valence-corrected chi connectivity index (χ2v) is 7.86. The van der Waals surface area contributed by atoms with Crippen molar-refractivity contribution in [3.8, 4) is 0 Å². The molecule has 1 aromatic heterocycles. The average molecular weight is 334 g/mol. The summed E-state index contributed by atoms with van der Waals surface area (Å²) in [6.45, 7) is 3.54. The van der Waals surface area contributed by atoms with Gasteiger partial charge >= 0.3 is 0 Å². The molecule has 0 unspecified atom stereocenters. The Balaban J connectivity index is 1.90. The standard InChI is InChI=1S/C15H18N4O3S/c1-9-4-5-11(8-13(9)23(3,21)22)14(20)16-15-18-17-10(2)19(15)12-6-7-12/h4-5,8,12H,6-7H2,1-3H3,(H,16,18,20). The molecule has 0 bridgehead atoms. The number of aromatic nitrogens is 3. The number of hydrogen-bond donors (Lipinski definition) is 1. The van der Waals surface area contributed by atoms with Crippen LogP contribution in [0.1, 0.15) is 40.6 Å². The molecule has 3 rings (SSSR count).